The van der Waals surface area contributed by atoms with Crippen molar-refractivity contribution in [3.05, 3.63) is 23.8 Å². The topological polar surface area (TPSA) is 111 Å². The molecule has 1 fully saturated rings. The number of methoxy groups -OCH3 is 1. The molecule has 0 radical (unpaired) electrons. The minimum Gasteiger partial charge on any atom is -0.453 e. The van der Waals surface area contributed by atoms with Gasteiger partial charge in [-0.05, 0) is 24.6 Å². The SMILES string of the molecule is COC(=O)NC1CCN(C(=O)c2cc(N)cc(N)c2)C1. The monoisotopic (exact) mass is 278 g/mol. The molecule has 0 bridgehead atoms. The highest BCUT2D eigenvalue weighted by atomic mass is 16.5. The van der Waals surface area contributed by atoms with Gasteiger partial charge in [-0.1, -0.05) is 0 Å². The molecule has 5 N–H and O–H groups in total. The molecule has 7 nitrogen and oxygen atoms in total. The third-order valence-electron chi connectivity index (χ3n) is 3.21. The van der Waals surface area contributed by atoms with Crippen LogP contribution >= 0.6 is 0 Å². The number of nitrogens with one attached hydrogen (secondary N) is 1. The number of alkyl carbamates (subject to hydrolysis) is 1. The smallest absolute Gasteiger partial charge is 0.407 e. The molecule has 108 valence electrons. The molecule has 1 atom stereocenters. The molecule has 0 aliphatic carbocycles. The molecule has 7 heteroatoms. The number of nitrogens with zero attached hydrogens (tertiary/aromatic N) is 1. The van der Waals surface area contributed by atoms with Crippen molar-refractivity contribution in [2.24, 2.45) is 0 Å². The number of ether oxygens (including phenoxy) is 1. The summed E-state index contributed by atoms with van der Waals surface area (Å²) in [4.78, 5) is 25.1. The summed E-state index contributed by atoms with van der Waals surface area (Å²) < 4.78 is 4.54. The Kier molecular flexibility index (Phi) is 3.97. The maximum Gasteiger partial charge on any atom is 0.407 e. The van der Waals surface area contributed by atoms with E-state index in [2.05, 4.69) is 10.1 Å². The molecule has 1 heterocycles. The number of nitrogen functional groups attached to an aromatic ring is 2. The maximum absolute atomic E-state index is 12.3. The van der Waals surface area contributed by atoms with E-state index >= 15 is 0 Å². The van der Waals surface area contributed by atoms with Gasteiger partial charge in [0, 0.05) is 30.0 Å². The molecule has 1 aliphatic heterocycles. The summed E-state index contributed by atoms with van der Waals surface area (Å²) in [5, 5.41) is 2.68. The Balaban J connectivity index is 2.02. The van der Waals surface area contributed by atoms with Crippen molar-refractivity contribution in [3.8, 4) is 0 Å². The van der Waals surface area contributed by atoms with E-state index in [1.807, 2.05) is 0 Å². The fourth-order valence-corrected chi connectivity index (χ4v) is 2.27. The highest BCUT2D eigenvalue weighted by Gasteiger charge is 2.28. The minimum absolute atomic E-state index is 0.0928. The van der Waals surface area contributed by atoms with Crippen LogP contribution in [0.5, 0.6) is 0 Å². The predicted molar refractivity (Wildman–Crippen MR) is 75.1 cm³/mol. The quantitative estimate of drug-likeness (QED) is 0.679. The average molecular weight is 278 g/mol. The molecule has 2 amide bonds. The van der Waals surface area contributed by atoms with E-state index in [-0.39, 0.29) is 11.9 Å². The van der Waals surface area contributed by atoms with Crippen LogP contribution in [-0.4, -0.2) is 43.1 Å². The third kappa shape index (κ3) is 3.11. The number of nitrogens with two attached hydrogens (primary N) is 2. The predicted octanol–water partition coefficient (Wildman–Crippen LogP) is 0.422. The summed E-state index contributed by atoms with van der Waals surface area (Å²) in [7, 11) is 1.31. The Morgan fingerprint density at radius 2 is 1.95 bits per heavy atom. The molecule has 0 saturated carbocycles. The van der Waals surface area contributed by atoms with Crippen molar-refractivity contribution in [2.45, 2.75) is 12.5 Å². The van der Waals surface area contributed by atoms with Crippen molar-refractivity contribution in [1.82, 2.24) is 10.2 Å². The van der Waals surface area contributed by atoms with Gasteiger partial charge < -0.3 is 26.4 Å². The lowest BCUT2D eigenvalue weighted by Crippen LogP contribution is -2.38. The van der Waals surface area contributed by atoms with Crippen LogP contribution in [0.25, 0.3) is 0 Å². The number of rotatable bonds is 2. The number of carbonyl (C=O) groups is 2. The lowest BCUT2D eigenvalue weighted by molar-refractivity contribution is 0.0788. The Morgan fingerprint density at radius 1 is 1.30 bits per heavy atom. The van der Waals surface area contributed by atoms with Gasteiger partial charge in [0.05, 0.1) is 13.2 Å². The molecule has 0 spiro atoms. The Labute approximate surface area is 116 Å². The second-order valence-corrected chi connectivity index (χ2v) is 4.76. The molecule has 1 unspecified atom stereocenters. The van der Waals surface area contributed by atoms with Gasteiger partial charge in [-0.25, -0.2) is 4.79 Å². The minimum atomic E-state index is -0.488. The van der Waals surface area contributed by atoms with Crippen LogP contribution in [0.3, 0.4) is 0 Å². The van der Waals surface area contributed by atoms with E-state index in [4.69, 9.17) is 11.5 Å². The second kappa shape index (κ2) is 5.68. The third-order valence-corrected chi connectivity index (χ3v) is 3.21. The number of anilines is 2. The summed E-state index contributed by atoms with van der Waals surface area (Å²) in [6.45, 7) is 1.02. The number of amides is 2. The molecular formula is C13H18N4O3. The van der Waals surface area contributed by atoms with Crippen LogP contribution in [0.4, 0.5) is 16.2 Å². The zero-order valence-corrected chi connectivity index (χ0v) is 11.3. The lowest BCUT2D eigenvalue weighted by Gasteiger charge is -2.17. The summed E-state index contributed by atoms with van der Waals surface area (Å²) >= 11 is 0. The number of carbonyl (C=O) groups excluding carboxylic acids is 2. The molecule has 1 aliphatic rings. The average Bonchev–Trinajstić information content (AvgIpc) is 2.85. The van der Waals surface area contributed by atoms with Gasteiger partial charge in [0.25, 0.3) is 5.91 Å². The van der Waals surface area contributed by atoms with Gasteiger partial charge in [0.2, 0.25) is 0 Å². The van der Waals surface area contributed by atoms with E-state index in [0.29, 0.717) is 36.4 Å². The number of benzene rings is 1. The highest BCUT2D eigenvalue weighted by Crippen LogP contribution is 2.18. The molecular weight excluding hydrogens is 260 g/mol. The summed E-state index contributed by atoms with van der Waals surface area (Å²) in [5.41, 5.74) is 12.7. The van der Waals surface area contributed by atoms with Gasteiger partial charge in [0.15, 0.2) is 0 Å². The van der Waals surface area contributed by atoms with Crippen LogP contribution in [0.1, 0.15) is 16.8 Å². The van der Waals surface area contributed by atoms with E-state index in [9.17, 15) is 9.59 Å². The van der Waals surface area contributed by atoms with Gasteiger partial charge in [-0.3, -0.25) is 4.79 Å². The fourth-order valence-electron chi connectivity index (χ4n) is 2.27. The van der Waals surface area contributed by atoms with Crippen molar-refractivity contribution < 1.29 is 14.3 Å². The first-order valence-corrected chi connectivity index (χ1v) is 6.29. The van der Waals surface area contributed by atoms with Crippen molar-refractivity contribution in [2.75, 3.05) is 31.7 Å². The molecule has 2 rings (SSSR count). The number of hydrogen-bond acceptors (Lipinski definition) is 5. The first-order valence-electron chi connectivity index (χ1n) is 6.29. The largest absolute Gasteiger partial charge is 0.453 e. The van der Waals surface area contributed by atoms with Crippen molar-refractivity contribution in [3.63, 3.8) is 0 Å². The van der Waals surface area contributed by atoms with Gasteiger partial charge in [0.1, 0.15) is 0 Å². The van der Waals surface area contributed by atoms with Gasteiger partial charge in [-0.15, -0.1) is 0 Å². The zero-order valence-electron chi connectivity index (χ0n) is 11.3. The van der Waals surface area contributed by atoms with E-state index in [0.717, 1.165) is 0 Å². The molecule has 20 heavy (non-hydrogen) atoms. The standard InChI is InChI=1S/C13H18N4O3/c1-20-13(19)16-11-2-3-17(7-11)12(18)8-4-9(14)6-10(15)5-8/h4-6,11H,2-3,7,14-15H2,1H3,(H,16,19). The van der Waals surface area contributed by atoms with Crippen LogP contribution < -0.4 is 16.8 Å². The highest BCUT2D eigenvalue weighted by molar-refractivity contribution is 5.96. The molecule has 1 saturated heterocycles. The number of hydrogen-bond donors (Lipinski definition) is 3. The summed E-state index contributed by atoms with van der Waals surface area (Å²) in [6, 6.07) is 4.70. The Bertz CT molecular complexity index is 512. The second-order valence-electron chi connectivity index (χ2n) is 4.76. The van der Waals surface area contributed by atoms with E-state index in [1.54, 1.807) is 23.1 Å². The summed E-state index contributed by atoms with van der Waals surface area (Å²) in [5.74, 6) is -0.141. The fraction of sp³-hybridized carbons (Fsp3) is 0.385. The van der Waals surface area contributed by atoms with Crippen LogP contribution in [-0.2, 0) is 4.74 Å². The van der Waals surface area contributed by atoms with Gasteiger partial charge >= 0.3 is 6.09 Å². The molecule has 1 aromatic rings. The van der Waals surface area contributed by atoms with Crippen LogP contribution in [0.15, 0.2) is 18.2 Å². The van der Waals surface area contributed by atoms with Crippen molar-refractivity contribution in [1.29, 1.82) is 0 Å². The first kappa shape index (κ1) is 14.0. The number of likely N-dealkylation sites (tertiary alicyclic amines) is 1. The zero-order chi connectivity index (χ0) is 14.7. The Morgan fingerprint density at radius 3 is 2.55 bits per heavy atom. The van der Waals surface area contributed by atoms with E-state index < -0.39 is 6.09 Å². The maximum atomic E-state index is 12.3. The van der Waals surface area contributed by atoms with Crippen LogP contribution in [0, 0.1) is 0 Å². The van der Waals surface area contributed by atoms with E-state index in [1.165, 1.54) is 7.11 Å². The van der Waals surface area contributed by atoms with Crippen molar-refractivity contribution >= 4 is 23.4 Å². The Hall–Kier alpha value is -2.44. The van der Waals surface area contributed by atoms with Crippen LogP contribution in [0.2, 0.25) is 0 Å². The first-order chi connectivity index (χ1) is 9.49. The van der Waals surface area contributed by atoms with Gasteiger partial charge in [-0.2, -0.15) is 0 Å². The lowest BCUT2D eigenvalue weighted by atomic mass is 10.1. The normalized spacial score (nSPS) is 17.9. The summed E-state index contributed by atoms with van der Waals surface area (Å²) in [6.07, 6.45) is 0.205. The molecule has 0 aromatic heterocycles. The molecule has 1 aromatic carbocycles.